The maximum absolute atomic E-state index is 13.5. The van der Waals surface area contributed by atoms with Crippen molar-refractivity contribution < 1.29 is 9.13 Å². The predicted octanol–water partition coefficient (Wildman–Crippen LogP) is 3.32. The third kappa shape index (κ3) is 2.76. The van der Waals surface area contributed by atoms with E-state index in [1.54, 1.807) is 18.2 Å². The lowest BCUT2D eigenvalue weighted by Gasteiger charge is -2.07. The molecular weight excluding hydrogens is 255 g/mol. The Kier molecular flexibility index (Phi) is 3.75. The molecule has 2 rings (SSSR count). The molecule has 0 aliphatic carbocycles. The van der Waals surface area contributed by atoms with Gasteiger partial charge in [0, 0.05) is 11.6 Å². The van der Waals surface area contributed by atoms with Crippen LogP contribution in [0.1, 0.15) is 11.1 Å². The van der Waals surface area contributed by atoms with Gasteiger partial charge < -0.3 is 4.74 Å². The molecule has 0 atom stereocenters. The standard InChI is InChI=1S/C13H8ClFN2O/c14-12-5-2-6-13(17-12)18-8-10-9(7-16)3-1-4-11(10)15/h1-6H,8H2. The zero-order chi connectivity index (χ0) is 13.0. The van der Waals surface area contributed by atoms with Crippen molar-refractivity contribution in [2.45, 2.75) is 6.61 Å². The molecule has 1 heterocycles. The minimum absolute atomic E-state index is 0.0666. The number of hydrogen-bond acceptors (Lipinski definition) is 3. The van der Waals surface area contributed by atoms with Gasteiger partial charge in [-0.15, -0.1) is 0 Å². The Labute approximate surface area is 108 Å². The molecule has 0 fully saturated rings. The summed E-state index contributed by atoms with van der Waals surface area (Å²) in [5, 5.41) is 9.17. The lowest BCUT2D eigenvalue weighted by molar-refractivity contribution is 0.288. The fourth-order valence-electron chi connectivity index (χ4n) is 1.43. The number of halogens is 2. The van der Waals surface area contributed by atoms with Crippen molar-refractivity contribution in [1.29, 1.82) is 5.26 Å². The molecule has 0 saturated heterocycles. The molecule has 5 heteroatoms. The predicted molar refractivity (Wildman–Crippen MR) is 64.7 cm³/mol. The monoisotopic (exact) mass is 262 g/mol. The summed E-state index contributed by atoms with van der Waals surface area (Å²) in [4.78, 5) is 3.91. The van der Waals surface area contributed by atoms with Crippen LogP contribution in [0.5, 0.6) is 5.88 Å². The summed E-state index contributed by atoms with van der Waals surface area (Å²) in [6, 6.07) is 11.1. The van der Waals surface area contributed by atoms with E-state index in [9.17, 15) is 4.39 Å². The van der Waals surface area contributed by atoms with Crippen LogP contribution in [0.25, 0.3) is 0 Å². The first-order valence-corrected chi connectivity index (χ1v) is 5.51. The van der Waals surface area contributed by atoms with Gasteiger partial charge in [0.1, 0.15) is 17.6 Å². The second kappa shape index (κ2) is 5.48. The van der Waals surface area contributed by atoms with Crippen LogP contribution in [-0.4, -0.2) is 4.98 Å². The first kappa shape index (κ1) is 12.3. The summed E-state index contributed by atoms with van der Waals surface area (Å²) in [5.41, 5.74) is 0.457. The van der Waals surface area contributed by atoms with Crippen LogP contribution >= 0.6 is 11.6 Å². The molecule has 0 radical (unpaired) electrons. The number of ether oxygens (including phenoxy) is 1. The van der Waals surface area contributed by atoms with Crippen molar-refractivity contribution >= 4 is 11.6 Å². The van der Waals surface area contributed by atoms with E-state index in [-0.39, 0.29) is 23.6 Å². The molecule has 0 amide bonds. The number of aromatic nitrogens is 1. The van der Waals surface area contributed by atoms with Crippen molar-refractivity contribution in [3.8, 4) is 11.9 Å². The highest BCUT2D eigenvalue weighted by molar-refractivity contribution is 6.29. The zero-order valence-electron chi connectivity index (χ0n) is 9.23. The molecule has 1 aromatic carbocycles. The molecule has 0 saturated carbocycles. The van der Waals surface area contributed by atoms with Crippen LogP contribution in [0, 0.1) is 17.1 Å². The normalized spacial score (nSPS) is 9.83. The van der Waals surface area contributed by atoms with Crippen LogP contribution in [0.3, 0.4) is 0 Å². The Morgan fingerprint density at radius 3 is 2.78 bits per heavy atom. The fourth-order valence-corrected chi connectivity index (χ4v) is 1.58. The van der Waals surface area contributed by atoms with Crippen LogP contribution in [0.4, 0.5) is 4.39 Å². The van der Waals surface area contributed by atoms with Crippen LogP contribution in [0.2, 0.25) is 5.15 Å². The second-order valence-electron chi connectivity index (χ2n) is 3.46. The second-order valence-corrected chi connectivity index (χ2v) is 3.85. The summed E-state index contributed by atoms with van der Waals surface area (Å²) >= 11 is 5.70. The Hall–Kier alpha value is -2.12. The average molecular weight is 263 g/mol. The van der Waals surface area contributed by atoms with Crippen molar-refractivity contribution in [2.24, 2.45) is 0 Å². The van der Waals surface area contributed by atoms with Crippen molar-refractivity contribution in [1.82, 2.24) is 4.98 Å². The number of pyridine rings is 1. The molecule has 0 aliphatic rings. The van der Waals surface area contributed by atoms with E-state index < -0.39 is 5.82 Å². The summed E-state index contributed by atoms with van der Waals surface area (Å²) < 4.78 is 18.9. The van der Waals surface area contributed by atoms with Gasteiger partial charge in [-0.2, -0.15) is 5.26 Å². The number of rotatable bonds is 3. The van der Waals surface area contributed by atoms with Crippen LogP contribution in [0.15, 0.2) is 36.4 Å². The number of benzene rings is 1. The molecule has 1 aromatic heterocycles. The van der Waals surface area contributed by atoms with Crippen LogP contribution < -0.4 is 4.74 Å². The van der Waals surface area contributed by atoms with Crippen molar-refractivity contribution in [3.63, 3.8) is 0 Å². The Morgan fingerprint density at radius 1 is 1.28 bits per heavy atom. The molecular formula is C13H8ClFN2O. The van der Waals surface area contributed by atoms with Gasteiger partial charge in [0.15, 0.2) is 0 Å². The Bertz CT molecular complexity index is 610. The van der Waals surface area contributed by atoms with E-state index in [0.717, 1.165) is 0 Å². The summed E-state index contributed by atoms with van der Waals surface area (Å²) in [6.07, 6.45) is 0. The molecule has 0 N–H and O–H groups in total. The van der Waals surface area contributed by atoms with Gasteiger partial charge >= 0.3 is 0 Å². The smallest absolute Gasteiger partial charge is 0.214 e. The van der Waals surface area contributed by atoms with Gasteiger partial charge in [0.25, 0.3) is 0 Å². The van der Waals surface area contributed by atoms with E-state index >= 15 is 0 Å². The van der Waals surface area contributed by atoms with Gasteiger partial charge in [-0.1, -0.05) is 23.7 Å². The number of nitrogens with zero attached hydrogens (tertiary/aromatic N) is 2. The highest BCUT2D eigenvalue weighted by atomic mass is 35.5. The highest BCUT2D eigenvalue weighted by Gasteiger charge is 2.09. The lowest BCUT2D eigenvalue weighted by Crippen LogP contribution is -2.02. The first-order valence-electron chi connectivity index (χ1n) is 5.13. The van der Waals surface area contributed by atoms with E-state index in [1.165, 1.54) is 18.2 Å². The quantitative estimate of drug-likeness (QED) is 0.797. The molecule has 90 valence electrons. The van der Waals surface area contributed by atoms with E-state index in [0.29, 0.717) is 5.15 Å². The minimum Gasteiger partial charge on any atom is -0.473 e. The molecule has 18 heavy (non-hydrogen) atoms. The van der Waals surface area contributed by atoms with Gasteiger partial charge in [0.2, 0.25) is 5.88 Å². The number of nitriles is 1. The Balaban J connectivity index is 2.18. The van der Waals surface area contributed by atoms with Crippen LogP contribution in [-0.2, 0) is 6.61 Å². The van der Waals surface area contributed by atoms with Gasteiger partial charge in [0.05, 0.1) is 11.6 Å². The molecule has 3 nitrogen and oxygen atoms in total. The zero-order valence-corrected chi connectivity index (χ0v) is 9.99. The maximum Gasteiger partial charge on any atom is 0.214 e. The van der Waals surface area contributed by atoms with Gasteiger partial charge in [-0.3, -0.25) is 0 Å². The molecule has 2 aromatic rings. The van der Waals surface area contributed by atoms with Crippen molar-refractivity contribution in [2.75, 3.05) is 0 Å². The molecule has 0 aliphatic heterocycles. The fraction of sp³-hybridized carbons (Fsp3) is 0.0769. The highest BCUT2D eigenvalue weighted by Crippen LogP contribution is 2.17. The summed E-state index contributed by atoms with van der Waals surface area (Å²) in [6.45, 7) is -0.0666. The topological polar surface area (TPSA) is 45.9 Å². The third-order valence-electron chi connectivity index (χ3n) is 2.29. The van der Waals surface area contributed by atoms with E-state index in [2.05, 4.69) is 4.98 Å². The molecule has 0 bridgehead atoms. The van der Waals surface area contributed by atoms with E-state index in [4.69, 9.17) is 21.6 Å². The molecule has 0 unspecified atom stereocenters. The minimum atomic E-state index is -0.476. The Morgan fingerprint density at radius 2 is 2.06 bits per heavy atom. The maximum atomic E-state index is 13.5. The lowest BCUT2D eigenvalue weighted by atomic mass is 10.1. The molecule has 0 spiro atoms. The summed E-state index contributed by atoms with van der Waals surface area (Å²) in [7, 11) is 0. The van der Waals surface area contributed by atoms with Gasteiger partial charge in [-0.25, -0.2) is 9.37 Å². The largest absolute Gasteiger partial charge is 0.473 e. The third-order valence-corrected chi connectivity index (χ3v) is 2.50. The van der Waals surface area contributed by atoms with E-state index in [1.807, 2.05) is 6.07 Å². The average Bonchev–Trinajstić information content (AvgIpc) is 2.37. The number of hydrogen-bond donors (Lipinski definition) is 0. The van der Waals surface area contributed by atoms with Gasteiger partial charge in [-0.05, 0) is 18.2 Å². The first-order chi connectivity index (χ1) is 8.70. The van der Waals surface area contributed by atoms with Crippen molar-refractivity contribution in [3.05, 3.63) is 58.5 Å². The summed E-state index contributed by atoms with van der Waals surface area (Å²) in [5.74, 6) is -0.189. The SMILES string of the molecule is N#Cc1cccc(F)c1COc1cccc(Cl)n1.